The molecular formula is C15H16BrN3O5. The molecule has 0 spiro atoms. The van der Waals surface area contributed by atoms with E-state index in [0.717, 1.165) is 9.37 Å². The summed E-state index contributed by atoms with van der Waals surface area (Å²) in [5.41, 5.74) is -0.714. The average Bonchev–Trinajstić information content (AvgIpc) is 2.72. The van der Waals surface area contributed by atoms with Gasteiger partial charge >= 0.3 is 12.1 Å². The van der Waals surface area contributed by atoms with E-state index in [-0.39, 0.29) is 6.61 Å². The normalized spacial score (nSPS) is 19.9. The van der Waals surface area contributed by atoms with Crippen molar-refractivity contribution in [2.45, 2.75) is 19.4 Å². The number of benzene rings is 1. The standard InChI is InChI=1S/C15H16BrN3O5/c1-3-24-14(23)17-11(20)8-19-12(21)15(2,18-13(19)22)9-5-4-6-10(16)7-9/h4-7H,3,8H2,1-2H3,(H,18,22)(H,17,20,23)/t15-/m1/s1. The Labute approximate surface area is 146 Å². The number of nitrogens with one attached hydrogen (secondary N) is 2. The van der Waals surface area contributed by atoms with Gasteiger partial charge in [0.2, 0.25) is 5.91 Å². The van der Waals surface area contributed by atoms with Crippen LogP contribution < -0.4 is 10.6 Å². The molecule has 0 saturated carbocycles. The van der Waals surface area contributed by atoms with Gasteiger partial charge in [0.25, 0.3) is 5.91 Å². The maximum atomic E-state index is 12.6. The van der Waals surface area contributed by atoms with Crippen molar-refractivity contribution in [2.75, 3.05) is 13.2 Å². The lowest BCUT2D eigenvalue weighted by molar-refractivity contribution is -0.134. The summed E-state index contributed by atoms with van der Waals surface area (Å²) in [6.45, 7) is 2.67. The molecule has 9 heteroatoms. The highest BCUT2D eigenvalue weighted by Crippen LogP contribution is 2.30. The molecule has 5 amide bonds. The van der Waals surface area contributed by atoms with Crippen LogP contribution in [0, 0.1) is 0 Å². The van der Waals surface area contributed by atoms with Crippen LogP contribution in [0.2, 0.25) is 0 Å². The zero-order valence-electron chi connectivity index (χ0n) is 13.1. The maximum absolute atomic E-state index is 12.6. The van der Waals surface area contributed by atoms with Gasteiger partial charge in [-0.1, -0.05) is 28.1 Å². The van der Waals surface area contributed by atoms with Crippen molar-refractivity contribution in [3.8, 4) is 0 Å². The van der Waals surface area contributed by atoms with Crippen LogP contribution in [-0.2, 0) is 19.9 Å². The number of imide groups is 2. The smallest absolute Gasteiger partial charge is 0.413 e. The molecule has 1 fully saturated rings. The number of halogens is 1. The molecule has 1 aromatic rings. The molecule has 1 heterocycles. The molecule has 0 bridgehead atoms. The summed E-state index contributed by atoms with van der Waals surface area (Å²) in [7, 11) is 0. The first-order valence-corrected chi connectivity index (χ1v) is 7.94. The predicted octanol–water partition coefficient (Wildman–Crippen LogP) is 1.49. The molecule has 2 N–H and O–H groups in total. The highest BCUT2D eigenvalue weighted by molar-refractivity contribution is 9.10. The highest BCUT2D eigenvalue weighted by atomic mass is 79.9. The fourth-order valence-corrected chi connectivity index (χ4v) is 2.70. The molecule has 0 unspecified atom stereocenters. The molecule has 0 radical (unpaired) electrons. The zero-order valence-corrected chi connectivity index (χ0v) is 14.7. The summed E-state index contributed by atoms with van der Waals surface area (Å²) in [4.78, 5) is 48.5. The van der Waals surface area contributed by atoms with Crippen molar-refractivity contribution in [3.05, 3.63) is 34.3 Å². The van der Waals surface area contributed by atoms with Crippen LogP contribution in [0.1, 0.15) is 19.4 Å². The van der Waals surface area contributed by atoms with E-state index in [1.165, 1.54) is 0 Å². The Morgan fingerprint density at radius 2 is 2.08 bits per heavy atom. The second kappa shape index (κ2) is 7.00. The highest BCUT2D eigenvalue weighted by Gasteiger charge is 2.49. The van der Waals surface area contributed by atoms with Gasteiger partial charge in [-0.25, -0.2) is 9.59 Å². The molecule has 0 aromatic heterocycles. The minimum atomic E-state index is -1.29. The molecule has 0 aliphatic carbocycles. The number of ether oxygens (including phenoxy) is 1. The molecule has 1 atom stereocenters. The third-order valence-corrected chi connectivity index (χ3v) is 3.99. The van der Waals surface area contributed by atoms with E-state index < -0.39 is 36.0 Å². The van der Waals surface area contributed by atoms with Crippen molar-refractivity contribution in [1.29, 1.82) is 0 Å². The van der Waals surface area contributed by atoms with E-state index in [0.29, 0.717) is 5.56 Å². The number of nitrogens with zero attached hydrogens (tertiary/aromatic N) is 1. The summed E-state index contributed by atoms with van der Waals surface area (Å²) in [5.74, 6) is -1.39. The molecule has 24 heavy (non-hydrogen) atoms. The van der Waals surface area contributed by atoms with E-state index in [1.807, 2.05) is 5.32 Å². The van der Waals surface area contributed by atoms with Gasteiger partial charge in [-0.15, -0.1) is 0 Å². The number of urea groups is 1. The number of carbonyl (C=O) groups is 4. The van der Waals surface area contributed by atoms with Crippen LogP contribution in [0.15, 0.2) is 28.7 Å². The molecule has 2 rings (SSSR count). The lowest BCUT2D eigenvalue weighted by atomic mass is 9.92. The van der Waals surface area contributed by atoms with Crippen LogP contribution >= 0.6 is 15.9 Å². The molecule has 1 aromatic carbocycles. The lowest BCUT2D eigenvalue weighted by Gasteiger charge is -2.22. The molecule has 1 saturated heterocycles. The van der Waals surface area contributed by atoms with Gasteiger partial charge in [-0.05, 0) is 31.5 Å². The minimum Gasteiger partial charge on any atom is -0.450 e. The SMILES string of the molecule is CCOC(=O)NC(=O)CN1C(=O)N[C@](C)(c2cccc(Br)c2)C1=O. The molecular weight excluding hydrogens is 382 g/mol. The fourth-order valence-electron chi connectivity index (χ4n) is 2.30. The van der Waals surface area contributed by atoms with Crippen molar-refractivity contribution >= 4 is 39.9 Å². The van der Waals surface area contributed by atoms with Gasteiger partial charge in [0.15, 0.2) is 0 Å². The maximum Gasteiger partial charge on any atom is 0.413 e. The molecule has 1 aliphatic heterocycles. The Morgan fingerprint density at radius 1 is 1.38 bits per heavy atom. The number of amides is 5. The Hall–Kier alpha value is -2.42. The predicted molar refractivity (Wildman–Crippen MR) is 86.9 cm³/mol. The first kappa shape index (κ1) is 17.9. The number of rotatable bonds is 4. The third-order valence-electron chi connectivity index (χ3n) is 3.50. The Balaban J connectivity index is 2.14. The monoisotopic (exact) mass is 397 g/mol. The van der Waals surface area contributed by atoms with Gasteiger partial charge in [0.05, 0.1) is 6.61 Å². The first-order valence-electron chi connectivity index (χ1n) is 7.14. The van der Waals surface area contributed by atoms with Gasteiger partial charge in [0, 0.05) is 4.47 Å². The van der Waals surface area contributed by atoms with Gasteiger partial charge in [0.1, 0.15) is 12.1 Å². The summed E-state index contributed by atoms with van der Waals surface area (Å²) in [5, 5.41) is 4.52. The van der Waals surface area contributed by atoms with Crippen molar-refractivity contribution < 1.29 is 23.9 Å². The average molecular weight is 398 g/mol. The Bertz CT molecular complexity index is 708. The summed E-state index contributed by atoms with van der Waals surface area (Å²) >= 11 is 3.31. The second-order valence-corrected chi connectivity index (χ2v) is 6.14. The number of alkyl carbamates (subject to hydrolysis) is 1. The Morgan fingerprint density at radius 3 is 2.71 bits per heavy atom. The largest absolute Gasteiger partial charge is 0.450 e. The van der Waals surface area contributed by atoms with Crippen LogP contribution in [0.4, 0.5) is 9.59 Å². The lowest BCUT2D eigenvalue weighted by Crippen LogP contribution is -2.44. The topological polar surface area (TPSA) is 105 Å². The van der Waals surface area contributed by atoms with Crippen LogP contribution in [0.25, 0.3) is 0 Å². The van der Waals surface area contributed by atoms with Crippen molar-refractivity contribution in [1.82, 2.24) is 15.5 Å². The second-order valence-electron chi connectivity index (χ2n) is 5.23. The van der Waals surface area contributed by atoms with E-state index in [4.69, 9.17) is 0 Å². The minimum absolute atomic E-state index is 0.100. The van der Waals surface area contributed by atoms with Crippen molar-refractivity contribution in [2.24, 2.45) is 0 Å². The summed E-state index contributed by atoms with van der Waals surface area (Å²) < 4.78 is 5.33. The van der Waals surface area contributed by atoms with Crippen LogP contribution in [-0.4, -0.2) is 42.0 Å². The summed E-state index contributed by atoms with van der Waals surface area (Å²) in [6.07, 6.45) is -0.927. The molecule has 1 aliphatic rings. The Kier molecular flexibility index (Phi) is 5.23. The zero-order chi connectivity index (χ0) is 17.9. The quantitative estimate of drug-likeness (QED) is 0.748. The van der Waals surface area contributed by atoms with Crippen LogP contribution in [0.3, 0.4) is 0 Å². The van der Waals surface area contributed by atoms with Crippen LogP contribution in [0.5, 0.6) is 0 Å². The number of carbonyl (C=O) groups excluding carboxylic acids is 4. The first-order chi connectivity index (χ1) is 11.3. The van der Waals surface area contributed by atoms with E-state index in [1.54, 1.807) is 38.1 Å². The molecule has 128 valence electrons. The van der Waals surface area contributed by atoms with E-state index in [9.17, 15) is 19.2 Å². The van der Waals surface area contributed by atoms with Gasteiger partial charge in [-0.3, -0.25) is 19.8 Å². The third kappa shape index (κ3) is 3.56. The summed E-state index contributed by atoms with van der Waals surface area (Å²) in [6, 6.07) is 6.23. The molecule has 8 nitrogen and oxygen atoms in total. The van der Waals surface area contributed by atoms with Gasteiger partial charge < -0.3 is 10.1 Å². The van der Waals surface area contributed by atoms with E-state index in [2.05, 4.69) is 26.0 Å². The number of hydrogen-bond donors (Lipinski definition) is 2. The van der Waals surface area contributed by atoms with Gasteiger partial charge in [-0.2, -0.15) is 0 Å². The van der Waals surface area contributed by atoms with E-state index >= 15 is 0 Å². The number of hydrogen-bond acceptors (Lipinski definition) is 5. The fraction of sp³-hybridized carbons (Fsp3) is 0.333. The van der Waals surface area contributed by atoms with Crippen molar-refractivity contribution in [3.63, 3.8) is 0 Å².